The average molecular weight is 300 g/mol. The van der Waals surface area contributed by atoms with Crippen molar-refractivity contribution in [2.45, 2.75) is 51.2 Å². The zero-order valence-corrected chi connectivity index (χ0v) is 12.6. The van der Waals surface area contributed by atoms with E-state index in [1.54, 1.807) is 6.07 Å². The van der Waals surface area contributed by atoms with Gasteiger partial charge in [0.1, 0.15) is 5.82 Å². The summed E-state index contributed by atoms with van der Waals surface area (Å²) in [7, 11) is 0. The van der Waals surface area contributed by atoms with E-state index >= 15 is 0 Å². The fourth-order valence-corrected chi connectivity index (χ4v) is 2.80. The Labute approximate surface area is 125 Å². The summed E-state index contributed by atoms with van der Waals surface area (Å²) in [5.74, 6) is -0.292. The first-order chi connectivity index (χ1) is 9.75. The Balaban J connectivity index is 1.55. The maximum atomic E-state index is 12.9. The van der Waals surface area contributed by atoms with Gasteiger partial charge in [-0.1, -0.05) is 36.9 Å². The van der Waals surface area contributed by atoms with Crippen molar-refractivity contribution < 1.29 is 9.13 Å². The Morgan fingerprint density at radius 3 is 2.80 bits per heavy atom. The van der Waals surface area contributed by atoms with Crippen LogP contribution in [0, 0.1) is 5.82 Å². The summed E-state index contributed by atoms with van der Waals surface area (Å²) in [5, 5.41) is 3.80. The SMILES string of the molecule is Fc1ccc(CNCCCOC2CCCCC2)c(Cl)c1. The lowest BCUT2D eigenvalue weighted by Gasteiger charge is -2.21. The molecule has 0 amide bonds. The largest absolute Gasteiger partial charge is 0.378 e. The van der Waals surface area contributed by atoms with Gasteiger partial charge in [-0.05, 0) is 43.5 Å². The lowest BCUT2D eigenvalue weighted by Crippen LogP contribution is -2.20. The van der Waals surface area contributed by atoms with Gasteiger partial charge in [-0.25, -0.2) is 4.39 Å². The number of benzene rings is 1. The molecule has 0 heterocycles. The topological polar surface area (TPSA) is 21.3 Å². The quantitative estimate of drug-likeness (QED) is 0.758. The fourth-order valence-electron chi connectivity index (χ4n) is 2.57. The second-order valence-electron chi connectivity index (χ2n) is 5.40. The van der Waals surface area contributed by atoms with Crippen LogP contribution in [0.4, 0.5) is 4.39 Å². The normalized spacial score (nSPS) is 16.5. The molecule has 1 N–H and O–H groups in total. The first-order valence-electron chi connectivity index (χ1n) is 7.52. The summed E-state index contributed by atoms with van der Waals surface area (Å²) in [6.45, 7) is 2.37. The summed E-state index contributed by atoms with van der Waals surface area (Å²) in [4.78, 5) is 0. The second-order valence-corrected chi connectivity index (χ2v) is 5.80. The lowest BCUT2D eigenvalue weighted by molar-refractivity contribution is 0.0273. The van der Waals surface area contributed by atoms with Crippen molar-refractivity contribution >= 4 is 11.6 Å². The van der Waals surface area contributed by atoms with E-state index in [-0.39, 0.29) is 5.82 Å². The molecule has 1 aromatic rings. The van der Waals surface area contributed by atoms with E-state index in [1.807, 2.05) is 0 Å². The molecule has 0 bridgehead atoms. The van der Waals surface area contributed by atoms with Crippen LogP contribution in [0.2, 0.25) is 5.02 Å². The third-order valence-corrected chi connectivity index (χ3v) is 4.09. The van der Waals surface area contributed by atoms with Gasteiger partial charge >= 0.3 is 0 Å². The predicted octanol–water partition coefficient (Wildman–Crippen LogP) is 4.31. The molecule has 1 aliphatic rings. The summed E-state index contributed by atoms with van der Waals surface area (Å²) in [6, 6.07) is 4.52. The Morgan fingerprint density at radius 2 is 2.05 bits per heavy atom. The minimum atomic E-state index is -0.292. The molecule has 1 saturated carbocycles. The Bertz CT molecular complexity index is 407. The molecule has 1 aliphatic carbocycles. The highest BCUT2D eigenvalue weighted by atomic mass is 35.5. The minimum Gasteiger partial charge on any atom is -0.378 e. The van der Waals surface area contributed by atoms with Gasteiger partial charge < -0.3 is 10.1 Å². The van der Waals surface area contributed by atoms with Crippen LogP contribution in [0.5, 0.6) is 0 Å². The van der Waals surface area contributed by atoms with Gasteiger partial charge in [-0.2, -0.15) is 0 Å². The Morgan fingerprint density at radius 1 is 1.25 bits per heavy atom. The molecule has 0 saturated heterocycles. The number of rotatable bonds is 7. The first-order valence-corrected chi connectivity index (χ1v) is 7.90. The fraction of sp³-hybridized carbons (Fsp3) is 0.625. The van der Waals surface area contributed by atoms with Crippen molar-refractivity contribution in [3.63, 3.8) is 0 Å². The van der Waals surface area contributed by atoms with Crippen molar-refractivity contribution in [1.29, 1.82) is 0 Å². The molecule has 1 aromatic carbocycles. The smallest absolute Gasteiger partial charge is 0.124 e. The van der Waals surface area contributed by atoms with Gasteiger partial charge in [0, 0.05) is 18.2 Å². The summed E-state index contributed by atoms with van der Waals surface area (Å²) in [6.07, 6.45) is 7.90. The first kappa shape index (κ1) is 15.7. The molecule has 20 heavy (non-hydrogen) atoms. The van der Waals surface area contributed by atoms with Gasteiger partial charge in [-0.3, -0.25) is 0 Å². The van der Waals surface area contributed by atoms with Crippen molar-refractivity contribution in [3.05, 3.63) is 34.6 Å². The summed E-state index contributed by atoms with van der Waals surface area (Å²) < 4.78 is 18.8. The summed E-state index contributed by atoms with van der Waals surface area (Å²) >= 11 is 5.97. The second kappa shape index (κ2) is 8.60. The molecule has 0 atom stereocenters. The van der Waals surface area contributed by atoms with Crippen molar-refractivity contribution in [3.8, 4) is 0 Å². The molecule has 0 aliphatic heterocycles. The van der Waals surface area contributed by atoms with E-state index < -0.39 is 0 Å². The average Bonchev–Trinajstić information content (AvgIpc) is 2.46. The third-order valence-electron chi connectivity index (χ3n) is 3.73. The maximum absolute atomic E-state index is 12.9. The lowest BCUT2D eigenvalue weighted by atomic mass is 9.98. The van der Waals surface area contributed by atoms with E-state index in [2.05, 4.69) is 5.32 Å². The highest BCUT2D eigenvalue weighted by Gasteiger charge is 2.12. The molecule has 1 fully saturated rings. The van der Waals surface area contributed by atoms with E-state index in [4.69, 9.17) is 16.3 Å². The highest BCUT2D eigenvalue weighted by Crippen LogP contribution is 2.20. The number of hydrogen-bond donors (Lipinski definition) is 1. The molecule has 4 heteroatoms. The maximum Gasteiger partial charge on any atom is 0.124 e. The van der Waals surface area contributed by atoms with Crippen LogP contribution < -0.4 is 5.32 Å². The van der Waals surface area contributed by atoms with E-state index in [9.17, 15) is 4.39 Å². The molecular formula is C16H23ClFNO. The zero-order valence-electron chi connectivity index (χ0n) is 11.8. The number of halogens is 2. The van der Waals surface area contributed by atoms with Crippen LogP contribution >= 0.6 is 11.6 Å². The van der Waals surface area contributed by atoms with E-state index in [1.165, 1.54) is 44.2 Å². The van der Waals surface area contributed by atoms with Crippen LogP contribution in [-0.2, 0) is 11.3 Å². The minimum absolute atomic E-state index is 0.292. The number of ether oxygens (including phenoxy) is 1. The van der Waals surface area contributed by atoms with Gasteiger partial charge in [0.2, 0.25) is 0 Å². The van der Waals surface area contributed by atoms with E-state index in [0.717, 1.165) is 25.1 Å². The van der Waals surface area contributed by atoms with Gasteiger partial charge in [0.25, 0.3) is 0 Å². The number of hydrogen-bond acceptors (Lipinski definition) is 2. The molecule has 2 nitrogen and oxygen atoms in total. The van der Waals surface area contributed by atoms with Gasteiger partial charge in [0.15, 0.2) is 0 Å². The molecule has 0 aromatic heterocycles. The highest BCUT2D eigenvalue weighted by molar-refractivity contribution is 6.31. The third kappa shape index (κ3) is 5.39. The molecule has 0 unspecified atom stereocenters. The zero-order chi connectivity index (χ0) is 14.2. The van der Waals surface area contributed by atoms with Crippen molar-refractivity contribution in [2.75, 3.05) is 13.2 Å². The van der Waals surface area contributed by atoms with Gasteiger partial charge in [-0.15, -0.1) is 0 Å². The molecule has 2 rings (SSSR count). The van der Waals surface area contributed by atoms with Gasteiger partial charge in [0.05, 0.1) is 6.10 Å². The van der Waals surface area contributed by atoms with Crippen LogP contribution in [0.15, 0.2) is 18.2 Å². The van der Waals surface area contributed by atoms with Crippen LogP contribution in [0.1, 0.15) is 44.1 Å². The number of nitrogens with one attached hydrogen (secondary N) is 1. The molecular weight excluding hydrogens is 277 g/mol. The van der Waals surface area contributed by atoms with Crippen LogP contribution in [0.3, 0.4) is 0 Å². The molecule has 112 valence electrons. The standard InChI is InChI=1S/C16H23ClFNO/c17-16-11-14(18)8-7-13(16)12-19-9-4-10-20-15-5-2-1-3-6-15/h7-8,11,15,19H,1-6,9-10,12H2. The molecule has 0 spiro atoms. The van der Waals surface area contributed by atoms with Crippen LogP contribution in [0.25, 0.3) is 0 Å². The van der Waals surface area contributed by atoms with Crippen molar-refractivity contribution in [2.24, 2.45) is 0 Å². The Hall–Kier alpha value is -0.640. The Kier molecular flexibility index (Phi) is 6.77. The summed E-state index contributed by atoms with van der Waals surface area (Å²) in [5.41, 5.74) is 0.932. The monoisotopic (exact) mass is 299 g/mol. The van der Waals surface area contributed by atoms with E-state index in [0.29, 0.717) is 17.7 Å². The molecule has 0 radical (unpaired) electrons. The predicted molar refractivity (Wildman–Crippen MR) is 80.6 cm³/mol. The van der Waals surface area contributed by atoms with Crippen molar-refractivity contribution in [1.82, 2.24) is 5.32 Å². The van der Waals surface area contributed by atoms with Crippen LogP contribution in [-0.4, -0.2) is 19.3 Å².